The highest BCUT2D eigenvalue weighted by Crippen LogP contribution is 2.31. The lowest BCUT2D eigenvalue weighted by molar-refractivity contribution is -0.138. The van der Waals surface area contributed by atoms with Crippen LogP contribution in [0.2, 0.25) is 0 Å². The van der Waals surface area contributed by atoms with Crippen molar-refractivity contribution in [2.45, 2.75) is 45.6 Å². The van der Waals surface area contributed by atoms with Crippen molar-refractivity contribution in [1.82, 2.24) is 19.9 Å². The summed E-state index contributed by atoms with van der Waals surface area (Å²) in [5.74, 6) is 0.0116. The van der Waals surface area contributed by atoms with Crippen molar-refractivity contribution in [1.29, 1.82) is 0 Å². The molecule has 1 atom stereocenters. The lowest BCUT2D eigenvalue weighted by Crippen LogP contribution is -2.34. The van der Waals surface area contributed by atoms with E-state index in [2.05, 4.69) is 60.4 Å². The number of para-hydroxylation sites is 1. The molecule has 3 heterocycles. The molecule has 0 spiro atoms. The summed E-state index contributed by atoms with van der Waals surface area (Å²) in [6.45, 7) is 6.65. The van der Waals surface area contributed by atoms with E-state index in [1.54, 1.807) is 11.3 Å². The van der Waals surface area contributed by atoms with Crippen molar-refractivity contribution in [3.05, 3.63) is 48.5 Å². The fourth-order valence-corrected chi connectivity index (χ4v) is 5.79. The van der Waals surface area contributed by atoms with Crippen molar-refractivity contribution in [3.8, 4) is 16.6 Å². The summed E-state index contributed by atoms with van der Waals surface area (Å²) in [7, 11) is 2.01. The number of piperidine rings is 1. The number of nitrogens with one attached hydrogen (secondary N) is 1. The van der Waals surface area contributed by atoms with E-state index in [4.69, 9.17) is 9.72 Å². The van der Waals surface area contributed by atoms with Gasteiger partial charge in [-0.2, -0.15) is 15.0 Å². The number of thiazole rings is 1. The molecule has 5 rings (SSSR count). The Hall–Kier alpha value is -3.99. The zero-order chi connectivity index (χ0) is 28.8. The lowest BCUT2D eigenvalue weighted by atomic mass is 10.0. The third-order valence-electron chi connectivity index (χ3n) is 7.06. The zero-order valence-electron chi connectivity index (χ0n) is 23.8. The minimum atomic E-state index is -0.933. The van der Waals surface area contributed by atoms with Gasteiger partial charge in [0.2, 0.25) is 11.9 Å². The van der Waals surface area contributed by atoms with E-state index in [0.717, 1.165) is 47.7 Å². The van der Waals surface area contributed by atoms with Crippen molar-refractivity contribution in [2.75, 3.05) is 48.4 Å². The average Bonchev–Trinajstić information content (AvgIpc) is 3.41. The van der Waals surface area contributed by atoms with Gasteiger partial charge in [0, 0.05) is 31.4 Å². The Morgan fingerprint density at radius 1 is 1.05 bits per heavy atom. The van der Waals surface area contributed by atoms with Crippen LogP contribution in [0.5, 0.6) is 6.01 Å². The van der Waals surface area contributed by atoms with Gasteiger partial charge in [-0.25, -0.2) is 9.78 Å². The summed E-state index contributed by atoms with van der Waals surface area (Å²) in [4.78, 5) is 34.4. The molecule has 1 aliphatic rings. The maximum absolute atomic E-state index is 11.9. The largest absolute Gasteiger partial charge is 0.480 e. The number of hydrogen-bond donors (Lipinski definition) is 2. The van der Waals surface area contributed by atoms with Gasteiger partial charge in [-0.1, -0.05) is 26.0 Å². The monoisotopic (exact) mass is 575 g/mol. The molecule has 0 aliphatic carbocycles. The molecule has 216 valence electrons. The van der Waals surface area contributed by atoms with E-state index in [1.807, 2.05) is 39.1 Å². The second-order valence-corrected chi connectivity index (χ2v) is 11.8. The van der Waals surface area contributed by atoms with E-state index in [0.29, 0.717) is 25.5 Å². The van der Waals surface area contributed by atoms with Crippen molar-refractivity contribution >= 4 is 45.1 Å². The number of benzene rings is 2. The molecule has 2 N–H and O–H groups in total. The van der Waals surface area contributed by atoms with Gasteiger partial charge in [0.25, 0.3) is 0 Å². The van der Waals surface area contributed by atoms with E-state index in [1.165, 1.54) is 11.1 Å². The second kappa shape index (κ2) is 13.1. The number of nitrogens with zero attached hydrogens (tertiary/aromatic N) is 6. The summed E-state index contributed by atoms with van der Waals surface area (Å²) in [6, 6.07) is 15.9. The van der Waals surface area contributed by atoms with Crippen LogP contribution >= 0.6 is 11.3 Å². The number of anilines is 3. The molecule has 10 nitrogen and oxygen atoms in total. The predicted molar refractivity (Wildman–Crippen MR) is 164 cm³/mol. The van der Waals surface area contributed by atoms with E-state index in [9.17, 15) is 9.90 Å². The smallest absolute Gasteiger partial charge is 0.326 e. The first kappa shape index (κ1) is 28.5. The SMILES string of the molecule is CC(C)C[C@H](Nc1nc(OCCN(C)c2ccc(-c3nc4ccccc4s3)cc2)nc(N2CCCCC2)n1)C(=O)O. The number of aromatic nitrogens is 4. The van der Waals surface area contributed by atoms with Crippen LogP contribution in [0.15, 0.2) is 48.5 Å². The summed E-state index contributed by atoms with van der Waals surface area (Å²) < 4.78 is 7.17. The summed E-state index contributed by atoms with van der Waals surface area (Å²) in [6.07, 6.45) is 3.77. The van der Waals surface area contributed by atoms with Crippen LogP contribution in [0, 0.1) is 5.92 Å². The topological polar surface area (TPSA) is 117 Å². The lowest BCUT2D eigenvalue weighted by Gasteiger charge is -2.27. The molecule has 0 radical (unpaired) electrons. The van der Waals surface area contributed by atoms with Crippen LogP contribution < -0.4 is 19.9 Å². The molecular formula is C30H37N7O3S. The fourth-order valence-electron chi connectivity index (χ4n) is 4.82. The molecule has 0 saturated carbocycles. The first-order chi connectivity index (χ1) is 19.9. The van der Waals surface area contributed by atoms with Crippen molar-refractivity contribution in [2.24, 2.45) is 5.92 Å². The minimum absolute atomic E-state index is 0.191. The van der Waals surface area contributed by atoms with Gasteiger partial charge in [0.05, 0.1) is 16.8 Å². The van der Waals surface area contributed by atoms with Gasteiger partial charge in [-0.15, -0.1) is 11.3 Å². The highest BCUT2D eigenvalue weighted by atomic mass is 32.1. The Balaban J connectivity index is 1.24. The molecule has 2 aromatic carbocycles. The number of fused-ring (bicyclic) bond motifs is 1. The quantitative estimate of drug-likeness (QED) is 0.222. The van der Waals surface area contributed by atoms with Crippen LogP contribution in [-0.2, 0) is 4.79 Å². The van der Waals surface area contributed by atoms with Crippen LogP contribution in [0.3, 0.4) is 0 Å². The van der Waals surface area contributed by atoms with Crippen LogP contribution in [0.1, 0.15) is 39.5 Å². The zero-order valence-corrected chi connectivity index (χ0v) is 24.6. The molecule has 1 fully saturated rings. The van der Waals surface area contributed by atoms with E-state index >= 15 is 0 Å². The van der Waals surface area contributed by atoms with E-state index < -0.39 is 12.0 Å². The average molecular weight is 576 g/mol. The number of carboxylic acid groups (broad SMARTS) is 1. The predicted octanol–water partition coefficient (Wildman–Crippen LogP) is 5.57. The number of likely N-dealkylation sites (N-methyl/N-ethyl adjacent to an activating group) is 1. The molecule has 41 heavy (non-hydrogen) atoms. The standard InChI is InChI=1S/C30H37N7O3S/c1-20(2)19-24(27(38)39)32-28-33-29(37-15-7-4-8-16-37)35-30(34-28)40-18-17-36(3)22-13-11-21(12-14-22)26-31-23-9-5-6-10-25(23)41-26/h5-6,9-14,20,24H,4,7-8,15-19H2,1-3H3,(H,38,39)(H,32,33,34,35)/t24-/m0/s1. The molecule has 2 aromatic heterocycles. The number of carboxylic acids is 1. The molecular weight excluding hydrogens is 538 g/mol. The van der Waals surface area contributed by atoms with Gasteiger partial charge in [0.1, 0.15) is 17.7 Å². The Morgan fingerprint density at radius 2 is 1.80 bits per heavy atom. The summed E-state index contributed by atoms with van der Waals surface area (Å²) >= 11 is 1.69. The van der Waals surface area contributed by atoms with Gasteiger partial charge < -0.3 is 25.0 Å². The molecule has 1 saturated heterocycles. The number of hydrogen-bond acceptors (Lipinski definition) is 10. The maximum atomic E-state index is 11.9. The van der Waals surface area contributed by atoms with Gasteiger partial charge in [0.15, 0.2) is 0 Å². The maximum Gasteiger partial charge on any atom is 0.326 e. The summed E-state index contributed by atoms with van der Waals surface area (Å²) in [5.41, 5.74) is 3.17. The first-order valence-corrected chi connectivity index (χ1v) is 15.0. The van der Waals surface area contributed by atoms with E-state index in [-0.39, 0.29) is 17.9 Å². The highest BCUT2D eigenvalue weighted by Gasteiger charge is 2.23. The molecule has 1 aliphatic heterocycles. The van der Waals surface area contributed by atoms with Gasteiger partial charge in [-0.3, -0.25) is 0 Å². The van der Waals surface area contributed by atoms with Crippen molar-refractivity contribution < 1.29 is 14.6 Å². The van der Waals surface area contributed by atoms with Crippen LogP contribution in [0.4, 0.5) is 17.6 Å². The molecule has 0 amide bonds. The highest BCUT2D eigenvalue weighted by molar-refractivity contribution is 7.21. The fraction of sp³-hybridized carbons (Fsp3) is 0.433. The third kappa shape index (κ3) is 7.40. The Labute approximate surface area is 244 Å². The molecule has 0 unspecified atom stereocenters. The molecule has 4 aromatic rings. The molecule has 11 heteroatoms. The molecule has 0 bridgehead atoms. The van der Waals surface area contributed by atoms with Crippen LogP contribution in [0.25, 0.3) is 20.8 Å². The van der Waals surface area contributed by atoms with Gasteiger partial charge in [-0.05, 0) is 68.0 Å². The third-order valence-corrected chi connectivity index (χ3v) is 8.14. The number of rotatable bonds is 12. The minimum Gasteiger partial charge on any atom is -0.480 e. The Bertz CT molecular complexity index is 1420. The van der Waals surface area contributed by atoms with Gasteiger partial charge >= 0.3 is 12.0 Å². The number of aliphatic carboxylic acids is 1. The normalized spacial score (nSPS) is 14.3. The Morgan fingerprint density at radius 3 is 2.51 bits per heavy atom. The van der Waals surface area contributed by atoms with Crippen molar-refractivity contribution in [3.63, 3.8) is 0 Å². The summed E-state index contributed by atoms with van der Waals surface area (Å²) in [5, 5.41) is 13.7. The second-order valence-electron chi connectivity index (χ2n) is 10.8. The van der Waals surface area contributed by atoms with Crippen LogP contribution in [-0.4, -0.2) is 70.3 Å². The number of ether oxygens (including phenoxy) is 1. The first-order valence-electron chi connectivity index (χ1n) is 14.2. The number of carbonyl (C=O) groups is 1. The Kier molecular flexibility index (Phi) is 9.13.